The second-order valence-electron chi connectivity index (χ2n) is 9.08. The zero-order valence-corrected chi connectivity index (χ0v) is 19.7. The molecule has 1 fully saturated rings. The minimum absolute atomic E-state index is 0.0268. The van der Waals surface area contributed by atoms with Crippen LogP contribution in [0.3, 0.4) is 0 Å². The van der Waals surface area contributed by atoms with Gasteiger partial charge in [-0.25, -0.2) is 9.37 Å². The number of rotatable bonds is 4. The summed E-state index contributed by atoms with van der Waals surface area (Å²) >= 11 is 0. The quantitative estimate of drug-likeness (QED) is 0.451. The lowest BCUT2D eigenvalue weighted by Gasteiger charge is -2.33. The van der Waals surface area contributed by atoms with Crippen molar-refractivity contribution in [2.45, 2.75) is 33.6 Å². The summed E-state index contributed by atoms with van der Waals surface area (Å²) in [4.78, 5) is 19.9. The fraction of sp³-hybridized carbons (Fsp3) is 0.296. The number of carbonyl (C=O) groups excluding carboxylic acids is 1. The number of aryl methyl sites for hydroxylation is 3. The van der Waals surface area contributed by atoms with Gasteiger partial charge in [0.1, 0.15) is 11.6 Å². The van der Waals surface area contributed by atoms with E-state index < -0.39 is 0 Å². The minimum Gasteiger partial charge on any atom is -0.356 e. The molecule has 0 aliphatic carbocycles. The largest absolute Gasteiger partial charge is 0.356 e. The molecule has 1 aliphatic heterocycles. The summed E-state index contributed by atoms with van der Waals surface area (Å²) in [6, 6.07) is 16.3. The van der Waals surface area contributed by atoms with Crippen molar-refractivity contribution in [2.24, 2.45) is 5.92 Å². The highest BCUT2D eigenvalue weighted by Crippen LogP contribution is 2.28. The van der Waals surface area contributed by atoms with Gasteiger partial charge in [0.2, 0.25) is 5.91 Å². The van der Waals surface area contributed by atoms with Crippen LogP contribution in [0.15, 0.2) is 54.6 Å². The molecule has 0 spiro atoms. The van der Waals surface area contributed by atoms with Gasteiger partial charge in [0, 0.05) is 48.1 Å². The van der Waals surface area contributed by atoms with E-state index in [-0.39, 0.29) is 17.6 Å². The predicted molar refractivity (Wildman–Crippen MR) is 133 cm³/mol. The number of carbonyl (C=O) groups is 1. The summed E-state index contributed by atoms with van der Waals surface area (Å²) in [5.41, 5.74) is 6.34. The number of nitrogens with one attached hydrogen (secondary N) is 1. The number of nitrogens with zero attached hydrogens (tertiary/aromatic N) is 4. The number of anilines is 2. The van der Waals surface area contributed by atoms with Crippen LogP contribution in [0.1, 0.15) is 29.7 Å². The van der Waals surface area contributed by atoms with Crippen LogP contribution in [0, 0.1) is 32.5 Å². The second-order valence-corrected chi connectivity index (χ2v) is 9.08. The molecule has 3 heterocycles. The maximum Gasteiger partial charge on any atom is 0.227 e. The molecule has 0 atom stereocenters. The van der Waals surface area contributed by atoms with Gasteiger partial charge in [-0.05, 0) is 69.0 Å². The summed E-state index contributed by atoms with van der Waals surface area (Å²) in [5, 5.41) is 7.92. The van der Waals surface area contributed by atoms with Gasteiger partial charge in [0.15, 0.2) is 5.65 Å². The highest BCUT2D eigenvalue weighted by Gasteiger charge is 2.27. The van der Waals surface area contributed by atoms with Crippen LogP contribution in [0.5, 0.6) is 0 Å². The van der Waals surface area contributed by atoms with E-state index in [9.17, 15) is 9.18 Å². The number of para-hydroxylation sites is 1. The lowest BCUT2D eigenvalue weighted by molar-refractivity contribution is -0.120. The second kappa shape index (κ2) is 8.89. The summed E-state index contributed by atoms with van der Waals surface area (Å²) in [5.74, 6) is 0.753. The van der Waals surface area contributed by atoms with E-state index in [0.717, 1.165) is 71.2 Å². The van der Waals surface area contributed by atoms with Crippen molar-refractivity contribution >= 4 is 23.1 Å². The highest BCUT2D eigenvalue weighted by molar-refractivity contribution is 5.94. The van der Waals surface area contributed by atoms with Gasteiger partial charge in [-0.15, -0.1) is 0 Å². The van der Waals surface area contributed by atoms with Crippen LogP contribution in [0.25, 0.3) is 16.9 Å². The molecule has 34 heavy (non-hydrogen) atoms. The Hall–Kier alpha value is -3.74. The Balaban J connectivity index is 1.34. The molecule has 4 aromatic rings. The first-order chi connectivity index (χ1) is 16.4. The molecule has 0 saturated carbocycles. The zero-order chi connectivity index (χ0) is 23.8. The topological polar surface area (TPSA) is 62.5 Å². The van der Waals surface area contributed by atoms with Crippen LogP contribution in [-0.4, -0.2) is 33.6 Å². The average Bonchev–Trinajstić information content (AvgIpc) is 3.25. The number of piperidine rings is 1. The van der Waals surface area contributed by atoms with Crippen molar-refractivity contribution < 1.29 is 9.18 Å². The Kier molecular flexibility index (Phi) is 5.77. The fourth-order valence-corrected chi connectivity index (χ4v) is 4.68. The van der Waals surface area contributed by atoms with Gasteiger partial charge in [0.25, 0.3) is 0 Å². The third kappa shape index (κ3) is 4.25. The number of amides is 1. The van der Waals surface area contributed by atoms with E-state index in [1.165, 1.54) is 12.1 Å². The van der Waals surface area contributed by atoms with Crippen molar-refractivity contribution in [3.05, 3.63) is 77.2 Å². The van der Waals surface area contributed by atoms with E-state index in [1.54, 1.807) is 12.1 Å². The van der Waals surface area contributed by atoms with Gasteiger partial charge in [0.05, 0.1) is 5.69 Å². The lowest BCUT2D eigenvalue weighted by Crippen LogP contribution is -2.39. The van der Waals surface area contributed by atoms with E-state index in [1.807, 2.05) is 55.6 Å². The van der Waals surface area contributed by atoms with Gasteiger partial charge in [-0.1, -0.05) is 18.2 Å². The number of benzene rings is 2. The van der Waals surface area contributed by atoms with Crippen molar-refractivity contribution in [1.29, 1.82) is 0 Å². The third-order valence-electron chi connectivity index (χ3n) is 6.60. The lowest BCUT2D eigenvalue weighted by atomic mass is 9.95. The minimum atomic E-state index is -0.272. The molecule has 6 nitrogen and oxygen atoms in total. The Morgan fingerprint density at radius 1 is 1.00 bits per heavy atom. The Bertz CT molecular complexity index is 1330. The summed E-state index contributed by atoms with van der Waals surface area (Å²) in [7, 11) is 0. The maximum absolute atomic E-state index is 13.3. The summed E-state index contributed by atoms with van der Waals surface area (Å²) < 4.78 is 15.2. The number of fused-ring (bicyclic) bond motifs is 1. The molecule has 2 aromatic carbocycles. The average molecular weight is 458 g/mol. The molecule has 0 bridgehead atoms. The zero-order valence-electron chi connectivity index (χ0n) is 19.7. The summed E-state index contributed by atoms with van der Waals surface area (Å²) in [6.07, 6.45) is 1.54. The standard InChI is InChI=1S/C27H28FN5O/c1-17-5-4-6-18(2)26(17)30-27(34)21-11-13-32(14-12-21)25-15-19(3)29-24-16-23(31-33(24)25)20-7-9-22(28)10-8-20/h4-10,15-16,21H,11-14H2,1-3H3,(H,30,34). The Labute approximate surface area is 198 Å². The maximum atomic E-state index is 13.3. The fourth-order valence-electron chi connectivity index (χ4n) is 4.68. The molecule has 7 heteroatoms. The van der Waals surface area contributed by atoms with Crippen LogP contribution in [-0.2, 0) is 4.79 Å². The first-order valence-corrected chi connectivity index (χ1v) is 11.6. The van der Waals surface area contributed by atoms with Gasteiger partial charge in [-0.2, -0.15) is 9.61 Å². The normalized spacial score (nSPS) is 14.5. The molecule has 0 unspecified atom stereocenters. The molecule has 2 aromatic heterocycles. The highest BCUT2D eigenvalue weighted by atomic mass is 19.1. The van der Waals surface area contributed by atoms with Crippen LogP contribution >= 0.6 is 0 Å². The van der Waals surface area contributed by atoms with Crippen LogP contribution < -0.4 is 10.2 Å². The predicted octanol–water partition coefficient (Wildman–Crippen LogP) is 5.32. The molecular formula is C27H28FN5O. The molecule has 1 saturated heterocycles. The number of hydrogen-bond donors (Lipinski definition) is 1. The molecule has 174 valence electrons. The van der Waals surface area contributed by atoms with Gasteiger partial charge >= 0.3 is 0 Å². The van der Waals surface area contributed by atoms with E-state index >= 15 is 0 Å². The molecule has 0 radical (unpaired) electrons. The van der Waals surface area contributed by atoms with E-state index in [0.29, 0.717) is 0 Å². The Morgan fingerprint density at radius 3 is 2.35 bits per heavy atom. The summed E-state index contributed by atoms with van der Waals surface area (Å²) in [6.45, 7) is 7.53. The monoisotopic (exact) mass is 457 g/mol. The Morgan fingerprint density at radius 2 is 1.68 bits per heavy atom. The van der Waals surface area contributed by atoms with E-state index in [2.05, 4.69) is 15.2 Å². The van der Waals surface area contributed by atoms with Crippen molar-refractivity contribution in [3.8, 4) is 11.3 Å². The third-order valence-corrected chi connectivity index (χ3v) is 6.60. The van der Waals surface area contributed by atoms with Crippen LogP contribution in [0.4, 0.5) is 15.9 Å². The molecule has 1 N–H and O–H groups in total. The van der Waals surface area contributed by atoms with Gasteiger partial charge in [-0.3, -0.25) is 4.79 Å². The smallest absolute Gasteiger partial charge is 0.227 e. The van der Waals surface area contributed by atoms with Crippen molar-refractivity contribution in [2.75, 3.05) is 23.3 Å². The van der Waals surface area contributed by atoms with E-state index in [4.69, 9.17) is 5.10 Å². The molecule has 5 rings (SSSR count). The SMILES string of the molecule is Cc1cc(N2CCC(C(=O)Nc3c(C)cccc3C)CC2)n2nc(-c3ccc(F)cc3)cc2n1. The number of aromatic nitrogens is 3. The van der Waals surface area contributed by atoms with Crippen LogP contribution in [0.2, 0.25) is 0 Å². The van der Waals surface area contributed by atoms with Crippen molar-refractivity contribution in [3.63, 3.8) is 0 Å². The molecule has 1 aliphatic rings. The number of halogens is 1. The first kappa shape index (κ1) is 22.1. The van der Waals surface area contributed by atoms with Gasteiger partial charge < -0.3 is 10.2 Å². The first-order valence-electron chi connectivity index (χ1n) is 11.6. The number of hydrogen-bond acceptors (Lipinski definition) is 4. The molecule has 1 amide bonds. The van der Waals surface area contributed by atoms with Crippen molar-refractivity contribution in [1.82, 2.24) is 14.6 Å². The molecular weight excluding hydrogens is 429 g/mol.